The molecular weight excluding hydrogens is 403 g/mol. The largest absolute Gasteiger partial charge is 0.486 e. The van der Waals surface area contributed by atoms with Crippen LogP contribution in [0, 0.1) is 5.82 Å². The number of hydrogen-bond donors (Lipinski definition) is 1. The van der Waals surface area contributed by atoms with Crippen molar-refractivity contribution in [3.63, 3.8) is 0 Å². The van der Waals surface area contributed by atoms with Crippen LogP contribution >= 0.6 is 31.9 Å². The summed E-state index contributed by atoms with van der Waals surface area (Å²) in [6.07, 6.45) is 2.76. The minimum atomic E-state index is -0.366. The maximum Gasteiger partial charge on any atom is 0.148 e. The van der Waals surface area contributed by atoms with E-state index in [2.05, 4.69) is 49.1 Å². The SMILES string of the molecule is CCNCc1cc(Br)c(OCc2cncc(F)c2)c(Br)c1. The molecule has 0 bridgehead atoms. The molecule has 21 heavy (non-hydrogen) atoms. The van der Waals surface area contributed by atoms with Crippen molar-refractivity contribution in [3.8, 4) is 5.75 Å². The third-order valence-electron chi connectivity index (χ3n) is 2.78. The lowest BCUT2D eigenvalue weighted by atomic mass is 10.2. The van der Waals surface area contributed by atoms with Crippen LogP contribution in [-0.2, 0) is 13.2 Å². The Balaban J connectivity index is 2.09. The van der Waals surface area contributed by atoms with Crippen molar-refractivity contribution in [3.05, 3.63) is 56.5 Å². The number of pyridine rings is 1. The first-order chi connectivity index (χ1) is 10.1. The first kappa shape index (κ1) is 16.4. The molecule has 1 heterocycles. The van der Waals surface area contributed by atoms with Crippen molar-refractivity contribution in [2.45, 2.75) is 20.1 Å². The first-order valence-electron chi connectivity index (χ1n) is 6.51. The quantitative estimate of drug-likeness (QED) is 0.754. The van der Waals surface area contributed by atoms with Gasteiger partial charge in [-0.05, 0) is 62.2 Å². The summed E-state index contributed by atoms with van der Waals surface area (Å²) in [5.74, 6) is 0.328. The van der Waals surface area contributed by atoms with E-state index < -0.39 is 0 Å². The number of hydrogen-bond acceptors (Lipinski definition) is 3. The molecule has 2 rings (SSSR count). The summed E-state index contributed by atoms with van der Waals surface area (Å²) >= 11 is 7.01. The summed E-state index contributed by atoms with van der Waals surface area (Å²) in [6, 6.07) is 5.42. The van der Waals surface area contributed by atoms with Gasteiger partial charge in [0, 0.05) is 18.3 Å². The van der Waals surface area contributed by atoms with Crippen LogP contribution in [0.25, 0.3) is 0 Å². The zero-order chi connectivity index (χ0) is 15.2. The third kappa shape index (κ3) is 4.76. The van der Waals surface area contributed by atoms with Gasteiger partial charge in [-0.15, -0.1) is 0 Å². The molecule has 0 fully saturated rings. The van der Waals surface area contributed by atoms with Crippen molar-refractivity contribution in [2.24, 2.45) is 0 Å². The lowest BCUT2D eigenvalue weighted by Crippen LogP contribution is -2.11. The van der Waals surface area contributed by atoms with E-state index in [1.807, 2.05) is 12.1 Å². The lowest BCUT2D eigenvalue weighted by Gasteiger charge is -2.12. The van der Waals surface area contributed by atoms with Gasteiger partial charge in [-0.25, -0.2) is 4.39 Å². The Morgan fingerprint density at radius 2 is 1.86 bits per heavy atom. The van der Waals surface area contributed by atoms with Crippen LogP contribution < -0.4 is 10.1 Å². The Morgan fingerprint density at radius 1 is 1.14 bits per heavy atom. The highest BCUT2D eigenvalue weighted by Crippen LogP contribution is 2.35. The van der Waals surface area contributed by atoms with E-state index in [9.17, 15) is 4.39 Å². The van der Waals surface area contributed by atoms with E-state index in [0.29, 0.717) is 11.3 Å². The first-order valence-corrected chi connectivity index (χ1v) is 8.09. The highest BCUT2D eigenvalue weighted by Gasteiger charge is 2.09. The molecule has 1 aromatic carbocycles. The van der Waals surface area contributed by atoms with Gasteiger partial charge in [0.15, 0.2) is 0 Å². The lowest BCUT2D eigenvalue weighted by molar-refractivity contribution is 0.301. The number of ether oxygens (including phenoxy) is 1. The van der Waals surface area contributed by atoms with Crippen LogP contribution in [0.2, 0.25) is 0 Å². The molecule has 0 aliphatic carbocycles. The van der Waals surface area contributed by atoms with Gasteiger partial charge in [0.25, 0.3) is 0 Å². The molecule has 0 saturated heterocycles. The smallest absolute Gasteiger partial charge is 0.148 e. The predicted octanol–water partition coefficient (Wildman–Crippen LogP) is 4.43. The average molecular weight is 418 g/mol. The van der Waals surface area contributed by atoms with Crippen molar-refractivity contribution in [1.29, 1.82) is 0 Å². The Morgan fingerprint density at radius 3 is 2.48 bits per heavy atom. The molecule has 0 atom stereocenters. The summed E-state index contributed by atoms with van der Waals surface area (Å²) in [5, 5.41) is 3.27. The van der Waals surface area contributed by atoms with E-state index in [-0.39, 0.29) is 12.4 Å². The van der Waals surface area contributed by atoms with Crippen LogP contribution in [0.5, 0.6) is 5.75 Å². The molecule has 1 aromatic heterocycles. The predicted molar refractivity (Wildman–Crippen MR) is 87.7 cm³/mol. The van der Waals surface area contributed by atoms with Gasteiger partial charge in [-0.2, -0.15) is 0 Å². The van der Waals surface area contributed by atoms with Crippen LogP contribution in [0.4, 0.5) is 4.39 Å². The topological polar surface area (TPSA) is 34.1 Å². The molecule has 0 amide bonds. The summed E-state index contributed by atoms with van der Waals surface area (Å²) in [5.41, 5.74) is 1.83. The zero-order valence-corrected chi connectivity index (χ0v) is 14.7. The maximum atomic E-state index is 13.1. The van der Waals surface area contributed by atoms with Gasteiger partial charge in [-0.1, -0.05) is 6.92 Å². The average Bonchev–Trinajstić information content (AvgIpc) is 2.44. The minimum Gasteiger partial charge on any atom is -0.486 e. The number of benzene rings is 1. The minimum absolute atomic E-state index is 0.258. The number of nitrogens with zero attached hydrogens (tertiary/aromatic N) is 1. The van der Waals surface area contributed by atoms with Gasteiger partial charge < -0.3 is 10.1 Å². The fourth-order valence-corrected chi connectivity index (χ4v) is 3.32. The molecule has 0 radical (unpaired) electrons. The monoisotopic (exact) mass is 416 g/mol. The van der Waals surface area contributed by atoms with Gasteiger partial charge in [0.2, 0.25) is 0 Å². The molecule has 0 unspecified atom stereocenters. The van der Waals surface area contributed by atoms with Crippen LogP contribution in [0.15, 0.2) is 39.5 Å². The van der Waals surface area contributed by atoms with Crippen LogP contribution in [0.1, 0.15) is 18.1 Å². The van der Waals surface area contributed by atoms with E-state index in [1.165, 1.54) is 12.3 Å². The molecule has 0 aliphatic heterocycles. The Kier molecular flexibility index (Phi) is 6.14. The Hall–Kier alpha value is -0.980. The fourth-order valence-electron chi connectivity index (χ4n) is 1.81. The van der Waals surface area contributed by atoms with Crippen molar-refractivity contribution < 1.29 is 9.13 Å². The molecular formula is C15H15Br2FN2O. The third-order valence-corrected chi connectivity index (χ3v) is 3.96. The Bertz CT molecular complexity index is 599. The van der Waals surface area contributed by atoms with E-state index in [4.69, 9.17) is 4.74 Å². The summed E-state index contributed by atoms with van der Waals surface area (Å²) in [7, 11) is 0. The molecule has 0 aliphatic rings. The molecule has 112 valence electrons. The molecule has 6 heteroatoms. The van der Waals surface area contributed by atoms with Crippen molar-refractivity contribution in [2.75, 3.05) is 6.54 Å². The summed E-state index contributed by atoms with van der Waals surface area (Å²) in [4.78, 5) is 3.80. The van der Waals surface area contributed by atoms with E-state index in [1.54, 1.807) is 6.20 Å². The van der Waals surface area contributed by atoms with Crippen molar-refractivity contribution in [1.82, 2.24) is 10.3 Å². The van der Waals surface area contributed by atoms with Gasteiger partial charge >= 0.3 is 0 Å². The van der Waals surface area contributed by atoms with E-state index >= 15 is 0 Å². The highest BCUT2D eigenvalue weighted by atomic mass is 79.9. The molecule has 0 saturated carbocycles. The number of aromatic nitrogens is 1. The standard InChI is InChI=1S/C15H15Br2FN2O/c1-2-19-6-10-4-13(16)15(14(17)5-10)21-9-11-3-12(18)8-20-7-11/h3-5,7-8,19H,2,6,9H2,1H3. The van der Waals surface area contributed by atoms with Crippen molar-refractivity contribution >= 4 is 31.9 Å². The summed E-state index contributed by atoms with van der Waals surface area (Å²) < 4.78 is 20.5. The second-order valence-corrected chi connectivity index (χ2v) is 6.18. The molecule has 1 N–H and O–H groups in total. The second-order valence-electron chi connectivity index (χ2n) is 4.47. The van der Waals surface area contributed by atoms with Crippen LogP contribution in [-0.4, -0.2) is 11.5 Å². The zero-order valence-electron chi connectivity index (χ0n) is 11.5. The number of rotatable bonds is 6. The van der Waals surface area contributed by atoms with Gasteiger partial charge in [-0.3, -0.25) is 4.98 Å². The van der Waals surface area contributed by atoms with Gasteiger partial charge in [0.1, 0.15) is 18.2 Å². The maximum absolute atomic E-state index is 13.1. The Labute approximate surface area is 140 Å². The number of nitrogens with one attached hydrogen (secondary N) is 1. The van der Waals surface area contributed by atoms with Gasteiger partial charge in [0.05, 0.1) is 15.1 Å². The fraction of sp³-hybridized carbons (Fsp3) is 0.267. The molecule has 2 aromatic rings. The summed E-state index contributed by atoms with van der Waals surface area (Å²) in [6.45, 7) is 4.03. The molecule has 0 spiro atoms. The highest BCUT2D eigenvalue weighted by molar-refractivity contribution is 9.11. The normalized spacial score (nSPS) is 10.7. The van der Waals surface area contributed by atoms with Crippen LogP contribution in [0.3, 0.4) is 0 Å². The number of halogens is 3. The molecule has 3 nitrogen and oxygen atoms in total. The second kappa shape index (κ2) is 7.87. The van der Waals surface area contributed by atoms with E-state index in [0.717, 1.165) is 27.6 Å².